The standard InChI is InChI=1S/C26H32O/c1-6-12-18(7-2)23-20-14-9-10-15-21(20)25(27)22-16-11-13-19(24(22)23)17-26(4,5)8-3/h6,9-16,18,23H,7-8,17H2,1-5H3. The summed E-state index contributed by atoms with van der Waals surface area (Å²) < 4.78 is 0. The Balaban J connectivity index is 2.26. The van der Waals surface area contributed by atoms with E-state index in [1.54, 1.807) is 0 Å². The van der Waals surface area contributed by atoms with E-state index in [4.69, 9.17) is 0 Å². The van der Waals surface area contributed by atoms with E-state index >= 15 is 0 Å². The fourth-order valence-corrected chi connectivity index (χ4v) is 4.42. The summed E-state index contributed by atoms with van der Waals surface area (Å²) in [6.45, 7) is 11.2. The molecule has 0 aliphatic heterocycles. The molecule has 0 bridgehead atoms. The first kappa shape index (κ1) is 19.6. The highest BCUT2D eigenvalue weighted by Crippen LogP contribution is 2.45. The number of fused-ring (bicyclic) bond motifs is 2. The quantitative estimate of drug-likeness (QED) is 0.510. The summed E-state index contributed by atoms with van der Waals surface area (Å²) in [6.07, 6.45) is 7.67. The van der Waals surface area contributed by atoms with E-state index in [1.807, 2.05) is 18.2 Å². The predicted molar refractivity (Wildman–Crippen MR) is 115 cm³/mol. The maximum absolute atomic E-state index is 13.3. The van der Waals surface area contributed by atoms with Crippen molar-refractivity contribution in [2.24, 2.45) is 11.3 Å². The number of benzene rings is 2. The Kier molecular flexibility index (Phi) is 5.69. The third kappa shape index (κ3) is 3.65. The second-order valence-electron chi connectivity index (χ2n) is 8.56. The van der Waals surface area contributed by atoms with Gasteiger partial charge in [-0.1, -0.05) is 88.7 Å². The summed E-state index contributed by atoms with van der Waals surface area (Å²) in [5, 5.41) is 0. The molecule has 2 unspecified atom stereocenters. The van der Waals surface area contributed by atoms with Gasteiger partial charge in [-0.2, -0.15) is 0 Å². The van der Waals surface area contributed by atoms with Gasteiger partial charge < -0.3 is 0 Å². The van der Waals surface area contributed by atoms with Crippen LogP contribution in [0.1, 0.15) is 86.0 Å². The fourth-order valence-electron chi connectivity index (χ4n) is 4.42. The van der Waals surface area contributed by atoms with E-state index in [-0.39, 0.29) is 17.1 Å². The minimum atomic E-state index is 0.184. The van der Waals surface area contributed by atoms with Gasteiger partial charge in [0.15, 0.2) is 5.78 Å². The predicted octanol–water partition coefficient (Wildman–Crippen LogP) is 6.94. The van der Waals surface area contributed by atoms with Crippen LogP contribution in [0.2, 0.25) is 0 Å². The second-order valence-corrected chi connectivity index (χ2v) is 8.56. The van der Waals surface area contributed by atoms with Crippen molar-refractivity contribution in [1.82, 2.24) is 0 Å². The van der Waals surface area contributed by atoms with E-state index < -0.39 is 0 Å². The fraction of sp³-hybridized carbons (Fsp3) is 0.423. The van der Waals surface area contributed by atoms with Gasteiger partial charge in [0.05, 0.1) is 0 Å². The Morgan fingerprint density at radius 1 is 1.04 bits per heavy atom. The average molecular weight is 361 g/mol. The van der Waals surface area contributed by atoms with Crippen LogP contribution in [0.15, 0.2) is 54.6 Å². The van der Waals surface area contributed by atoms with Gasteiger partial charge in [-0.3, -0.25) is 4.79 Å². The van der Waals surface area contributed by atoms with Crippen molar-refractivity contribution in [3.8, 4) is 0 Å². The van der Waals surface area contributed by atoms with Gasteiger partial charge in [0.1, 0.15) is 0 Å². The highest BCUT2D eigenvalue weighted by Gasteiger charge is 2.36. The number of carbonyl (C=O) groups is 1. The molecule has 0 saturated carbocycles. The first-order valence-electron chi connectivity index (χ1n) is 10.3. The number of carbonyl (C=O) groups excluding carboxylic acids is 1. The van der Waals surface area contributed by atoms with Gasteiger partial charge in [0, 0.05) is 17.0 Å². The molecule has 27 heavy (non-hydrogen) atoms. The van der Waals surface area contributed by atoms with Crippen LogP contribution in [-0.2, 0) is 6.42 Å². The van der Waals surface area contributed by atoms with E-state index in [2.05, 4.69) is 71.0 Å². The maximum atomic E-state index is 13.3. The van der Waals surface area contributed by atoms with E-state index in [0.29, 0.717) is 5.92 Å². The van der Waals surface area contributed by atoms with Gasteiger partial charge in [0.2, 0.25) is 0 Å². The SMILES string of the molecule is CC=CC(CC)C1c2ccccc2C(=O)c2cccc(CC(C)(C)CC)c21. The van der Waals surface area contributed by atoms with Crippen molar-refractivity contribution < 1.29 is 4.79 Å². The van der Waals surface area contributed by atoms with Gasteiger partial charge in [0.25, 0.3) is 0 Å². The highest BCUT2D eigenvalue weighted by molar-refractivity contribution is 6.13. The molecule has 0 aromatic heterocycles. The maximum Gasteiger partial charge on any atom is 0.193 e. The van der Waals surface area contributed by atoms with Crippen LogP contribution in [0.5, 0.6) is 0 Å². The molecule has 2 aromatic carbocycles. The number of ketones is 1. The molecule has 0 N–H and O–H groups in total. The number of hydrogen-bond donors (Lipinski definition) is 0. The molecule has 3 rings (SSSR count). The van der Waals surface area contributed by atoms with Crippen LogP contribution in [0, 0.1) is 11.3 Å². The van der Waals surface area contributed by atoms with Crippen molar-refractivity contribution in [2.75, 3.05) is 0 Å². The summed E-state index contributed by atoms with van der Waals surface area (Å²) in [7, 11) is 0. The summed E-state index contributed by atoms with van der Waals surface area (Å²) in [5.74, 6) is 0.830. The molecule has 2 aromatic rings. The molecule has 1 nitrogen and oxygen atoms in total. The molecule has 0 heterocycles. The highest BCUT2D eigenvalue weighted by atomic mass is 16.1. The van der Waals surface area contributed by atoms with Crippen LogP contribution < -0.4 is 0 Å². The minimum Gasteiger partial charge on any atom is -0.289 e. The lowest BCUT2D eigenvalue weighted by atomic mass is 9.68. The van der Waals surface area contributed by atoms with Crippen LogP contribution in [0.25, 0.3) is 0 Å². The van der Waals surface area contributed by atoms with Gasteiger partial charge in [-0.15, -0.1) is 0 Å². The summed E-state index contributed by atoms with van der Waals surface area (Å²) in [5.41, 5.74) is 5.82. The first-order valence-corrected chi connectivity index (χ1v) is 10.3. The molecule has 142 valence electrons. The summed E-state index contributed by atoms with van der Waals surface area (Å²) in [4.78, 5) is 13.3. The monoisotopic (exact) mass is 360 g/mol. The topological polar surface area (TPSA) is 17.1 Å². The lowest BCUT2D eigenvalue weighted by Crippen LogP contribution is -2.27. The molecular weight excluding hydrogens is 328 g/mol. The smallest absolute Gasteiger partial charge is 0.193 e. The molecule has 0 spiro atoms. The van der Waals surface area contributed by atoms with Gasteiger partial charge in [-0.25, -0.2) is 0 Å². The summed E-state index contributed by atoms with van der Waals surface area (Å²) >= 11 is 0. The molecule has 0 fully saturated rings. The molecule has 0 radical (unpaired) electrons. The van der Waals surface area contributed by atoms with E-state index in [1.165, 1.54) is 16.7 Å². The Morgan fingerprint density at radius 3 is 2.41 bits per heavy atom. The molecular formula is C26H32O. The van der Waals surface area contributed by atoms with Crippen LogP contribution in [0.4, 0.5) is 0 Å². The lowest BCUT2D eigenvalue weighted by Gasteiger charge is -2.35. The third-order valence-electron chi connectivity index (χ3n) is 6.26. The van der Waals surface area contributed by atoms with Gasteiger partial charge >= 0.3 is 0 Å². The largest absolute Gasteiger partial charge is 0.289 e. The van der Waals surface area contributed by atoms with E-state index in [9.17, 15) is 4.79 Å². The second kappa shape index (κ2) is 7.84. The Morgan fingerprint density at radius 2 is 1.74 bits per heavy atom. The first-order chi connectivity index (χ1) is 12.9. The average Bonchev–Trinajstić information content (AvgIpc) is 2.67. The third-order valence-corrected chi connectivity index (χ3v) is 6.26. The van der Waals surface area contributed by atoms with Crippen LogP contribution >= 0.6 is 0 Å². The van der Waals surface area contributed by atoms with Crippen molar-refractivity contribution in [3.05, 3.63) is 82.4 Å². The molecule has 2 atom stereocenters. The normalized spacial score (nSPS) is 17.7. The molecule has 0 saturated heterocycles. The number of rotatable bonds is 6. The van der Waals surface area contributed by atoms with Crippen molar-refractivity contribution in [3.63, 3.8) is 0 Å². The van der Waals surface area contributed by atoms with Gasteiger partial charge in [-0.05, 0) is 47.8 Å². The molecule has 1 aliphatic rings. The molecule has 1 aliphatic carbocycles. The number of hydrogen-bond acceptors (Lipinski definition) is 1. The van der Waals surface area contributed by atoms with Crippen LogP contribution in [0.3, 0.4) is 0 Å². The van der Waals surface area contributed by atoms with Crippen molar-refractivity contribution in [2.45, 2.75) is 59.8 Å². The summed E-state index contributed by atoms with van der Waals surface area (Å²) in [6, 6.07) is 14.6. The lowest BCUT2D eigenvalue weighted by molar-refractivity contribution is 0.103. The van der Waals surface area contributed by atoms with Crippen molar-refractivity contribution in [1.29, 1.82) is 0 Å². The Bertz CT molecular complexity index is 856. The van der Waals surface area contributed by atoms with E-state index in [0.717, 1.165) is 30.4 Å². The number of allylic oxidation sites excluding steroid dienone is 2. The zero-order valence-corrected chi connectivity index (χ0v) is 17.4. The van der Waals surface area contributed by atoms with Crippen molar-refractivity contribution >= 4 is 5.78 Å². The zero-order chi connectivity index (χ0) is 19.6. The Hall–Kier alpha value is -2.15. The minimum absolute atomic E-state index is 0.184. The molecule has 1 heteroatoms. The molecule has 0 amide bonds. The Labute approximate surface area is 164 Å². The van der Waals surface area contributed by atoms with Crippen LogP contribution in [-0.4, -0.2) is 5.78 Å². The zero-order valence-electron chi connectivity index (χ0n) is 17.4.